The molecule has 108 valence electrons. The van der Waals surface area contributed by atoms with Gasteiger partial charge in [0.15, 0.2) is 0 Å². The van der Waals surface area contributed by atoms with Crippen molar-refractivity contribution in [2.24, 2.45) is 0 Å². The van der Waals surface area contributed by atoms with Crippen LogP contribution in [0.2, 0.25) is 0 Å². The van der Waals surface area contributed by atoms with Gasteiger partial charge in [0.2, 0.25) is 0 Å². The summed E-state index contributed by atoms with van der Waals surface area (Å²) in [5.74, 6) is -1.41. The summed E-state index contributed by atoms with van der Waals surface area (Å²) in [7, 11) is 0. The number of nitrogens with zero attached hydrogens (tertiary/aromatic N) is 1. The van der Waals surface area contributed by atoms with Crippen molar-refractivity contribution >= 4 is 38.7 Å². The number of hydrogen-bond donors (Lipinski definition) is 2. The number of hydrogen-bond acceptors (Lipinski definition) is 5. The van der Waals surface area contributed by atoms with Gasteiger partial charge in [0.1, 0.15) is 10.7 Å². The van der Waals surface area contributed by atoms with Gasteiger partial charge in [-0.1, -0.05) is 6.07 Å². The van der Waals surface area contributed by atoms with E-state index in [9.17, 15) is 14.3 Å². The fraction of sp³-hybridized carbons (Fsp3) is 0.143. The molecule has 1 aromatic carbocycles. The summed E-state index contributed by atoms with van der Waals surface area (Å²) in [4.78, 5) is 16.6. The Morgan fingerprint density at radius 1 is 1.38 bits per heavy atom. The first-order chi connectivity index (χ1) is 10.2. The Bertz CT molecular complexity index is 784. The average Bonchev–Trinajstić information content (AvgIpc) is 3.07. The molecular formula is C14H11FN2O2S2. The summed E-state index contributed by atoms with van der Waals surface area (Å²) in [6.45, 7) is 0.885. The maximum atomic E-state index is 14.0. The van der Waals surface area contributed by atoms with Gasteiger partial charge >= 0.3 is 5.97 Å². The number of aromatic nitrogens is 1. The number of benzene rings is 1. The van der Waals surface area contributed by atoms with E-state index < -0.39 is 5.97 Å². The third-order valence-corrected chi connectivity index (χ3v) is 5.01. The van der Waals surface area contributed by atoms with Crippen molar-refractivity contribution in [2.75, 3.05) is 0 Å². The molecule has 3 aromatic rings. The van der Waals surface area contributed by atoms with E-state index in [-0.39, 0.29) is 10.7 Å². The molecule has 0 saturated carbocycles. The highest BCUT2D eigenvalue weighted by atomic mass is 32.1. The number of fused-ring (bicyclic) bond motifs is 1. The number of thiophene rings is 1. The number of nitrogens with one attached hydrogen (secondary N) is 1. The van der Waals surface area contributed by atoms with Gasteiger partial charge in [0, 0.05) is 39.8 Å². The van der Waals surface area contributed by atoms with Crippen LogP contribution in [0.1, 0.15) is 20.1 Å². The van der Waals surface area contributed by atoms with Gasteiger partial charge in [-0.3, -0.25) is 4.98 Å². The predicted molar refractivity (Wildman–Crippen MR) is 81.4 cm³/mol. The fourth-order valence-corrected chi connectivity index (χ4v) is 3.79. The van der Waals surface area contributed by atoms with Crippen molar-refractivity contribution in [2.45, 2.75) is 13.1 Å². The van der Waals surface area contributed by atoms with Crippen LogP contribution in [0, 0.1) is 5.82 Å². The zero-order valence-corrected chi connectivity index (χ0v) is 12.4. The third kappa shape index (κ3) is 2.80. The standard InChI is InChI=1S/C14H11FN2O2S2/c15-10-2-1-3-11-12(10)9(13(21-11)14(18)19)6-16-4-8-5-17-7-20-8/h1-3,5,7,16H,4,6H2,(H,18,19). The van der Waals surface area contributed by atoms with Crippen molar-refractivity contribution in [1.29, 1.82) is 0 Å². The molecule has 0 spiro atoms. The molecule has 3 rings (SSSR count). The minimum atomic E-state index is -1.02. The molecule has 0 saturated heterocycles. The predicted octanol–water partition coefficient (Wildman–Crippen LogP) is 3.48. The number of rotatable bonds is 5. The first kappa shape index (κ1) is 14.1. The number of halogens is 1. The van der Waals surface area contributed by atoms with E-state index in [1.54, 1.807) is 23.8 Å². The molecule has 0 aliphatic heterocycles. The Morgan fingerprint density at radius 2 is 2.24 bits per heavy atom. The summed E-state index contributed by atoms with van der Waals surface area (Å²) < 4.78 is 14.7. The molecule has 0 atom stereocenters. The zero-order valence-electron chi connectivity index (χ0n) is 10.8. The molecular weight excluding hydrogens is 311 g/mol. The number of carboxylic acids is 1. The summed E-state index contributed by atoms with van der Waals surface area (Å²) in [5, 5.41) is 12.8. The van der Waals surface area contributed by atoms with Crippen LogP contribution in [0.25, 0.3) is 10.1 Å². The molecule has 2 aromatic heterocycles. The normalized spacial score (nSPS) is 11.1. The van der Waals surface area contributed by atoms with E-state index in [0.29, 0.717) is 28.7 Å². The van der Waals surface area contributed by atoms with Crippen LogP contribution >= 0.6 is 22.7 Å². The maximum absolute atomic E-state index is 14.0. The summed E-state index contributed by atoms with van der Waals surface area (Å²) in [6, 6.07) is 4.68. The van der Waals surface area contributed by atoms with Crippen LogP contribution in [0.3, 0.4) is 0 Å². The summed E-state index contributed by atoms with van der Waals surface area (Å²) in [6.07, 6.45) is 1.75. The lowest BCUT2D eigenvalue weighted by Gasteiger charge is -2.04. The van der Waals surface area contributed by atoms with E-state index in [1.165, 1.54) is 17.4 Å². The lowest BCUT2D eigenvalue weighted by atomic mass is 10.1. The van der Waals surface area contributed by atoms with E-state index in [2.05, 4.69) is 10.3 Å². The molecule has 0 bridgehead atoms. The number of carbonyl (C=O) groups is 1. The second kappa shape index (κ2) is 5.88. The monoisotopic (exact) mass is 322 g/mol. The first-order valence-electron chi connectivity index (χ1n) is 6.18. The first-order valence-corrected chi connectivity index (χ1v) is 7.87. The fourth-order valence-electron chi connectivity index (χ4n) is 2.15. The molecule has 7 heteroatoms. The molecule has 0 aliphatic rings. The van der Waals surface area contributed by atoms with Gasteiger partial charge in [-0.15, -0.1) is 22.7 Å². The van der Waals surface area contributed by atoms with Crippen molar-refractivity contribution in [3.05, 3.63) is 51.0 Å². The van der Waals surface area contributed by atoms with Crippen molar-refractivity contribution in [3.63, 3.8) is 0 Å². The topological polar surface area (TPSA) is 62.2 Å². The lowest BCUT2D eigenvalue weighted by Crippen LogP contribution is -2.14. The number of aromatic carboxylic acids is 1. The molecule has 4 nitrogen and oxygen atoms in total. The van der Waals surface area contributed by atoms with E-state index in [1.807, 2.05) is 0 Å². The van der Waals surface area contributed by atoms with E-state index in [4.69, 9.17) is 0 Å². The molecule has 0 amide bonds. The highest BCUT2D eigenvalue weighted by molar-refractivity contribution is 7.21. The molecule has 2 heterocycles. The van der Waals surface area contributed by atoms with Gasteiger partial charge in [-0.05, 0) is 12.1 Å². The van der Waals surface area contributed by atoms with Gasteiger partial charge in [0.25, 0.3) is 0 Å². The second-order valence-electron chi connectivity index (χ2n) is 4.40. The molecule has 0 fully saturated rings. The highest BCUT2D eigenvalue weighted by Crippen LogP contribution is 2.33. The van der Waals surface area contributed by atoms with Gasteiger partial charge < -0.3 is 10.4 Å². The SMILES string of the molecule is O=C(O)c1sc2cccc(F)c2c1CNCc1cncs1. The zero-order chi connectivity index (χ0) is 14.8. The molecule has 2 N–H and O–H groups in total. The van der Waals surface area contributed by atoms with Crippen molar-refractivity contribution < 1.29 is 14.3 Å². The Kier molecular flexibility index (Phi) is 3.96. The second-order valence-corrected chi connectivity index (χ2v) is 6.42. The van der Waals surface area contributed by atoms with Crippen LogP contribution in [-0.4, -0.2) is 16.1 Å². The van der Waals surface area contributed by atoms with Gasteiger partial charge in [0.05, 0.1) is 5.51 Å². The largest absolute Gasteiger partial charge is 0.477 e. The Labute approximate surface area is 127 Å². The summed E-state index contributed by atoms with van der Waals surface area (Å²) in [5.41, 5.74) is 2.24. The number of thiazole rings is 1. The van der Waals surface area contributed by atoms with Crippen LogP contribution in [0.5, 0.6) is 0 Å². The Balaban J connectivity index is 1.91. The Hall–Kier alpha value is -1.83. The van der Waals surface area contributed by atoms with Crippen LogP contribution < -0.4 is 5.32 Å². The van der Waals surface area contributed by atoms with Crippen LogP contribution in [0.15, 0.2) is 29.9 Å². The quantitative estimate of drug-likeness (QED) is 0.755. The van der Waals surface area contributed by atoms with Gasteiger partial charge in [-0.25, -0.2) is 9.18 Å². The third-order valence-electron chi connectivity index (χ3n) is 3.04. The molecule has 0 aliphatic carbocycles. The van der Waals surface area contributed by atoms with Gasteiger partial charge in [-0.2, -0.15) is 0 Å². The van der Waals surface area contributed by atoms with Crippen LogP contribution in [0.4, 0.5) is 4.39 Å². The van der Waals surface area contributed by atoms with E-state index >= 15 is 0 Å². The van der Waals surface area contributed by atoms with Crippen LogP contribution in [-0.2, 0) is 13.1 Å². The Morgan fingerprint density at radius 3 is 2.95 bits per heavy atom. The molecule has 21 heavy (non-hydrogen) atoms. The summed E-state index contributed by atoms with van der Waals surface area (Å²) >= 11 is 2.62. The lowest BCUT2D eigenvalue weighted by molar-refractivity contribution is 0.0701. The average molecular weight is 322 g/mol. The molecule has 0 radical (unpaired) electrons. The highest BCUT2D eigenvalue weighted by Gasteiger charge is 2.19. The van der Waals surface area contributed by atoms with E-state index in [0.717, 1.165) is 16.2 Å². The maximum Gasteiger partial charge on any atom is 0.346 e. The minimum absolute atomic E-state index is 0.187. The molecule has 0 unspecified atom stereocenters. The number of carboxylic acid groups (broad SMARTS) is 1. The van der Waals surface area contributed by atoms with Crippen molar-refractivity contribution in [3.8, 4) is 0 Å². The smallest absolute Gasteiger partial charge is 0.346 e. The van der Waals surface area contributed by atoms with Crippen molar-refractivity contribution in [1.82, 2.24) is 10.3 Å². The minimum Gasteiger partial charge on any atom is -0.477 e.